The number of nitrogens with one attached hydrogen (secondary N) is 2. The van der Waals surface area contributed by atoms with E-state index in [0.29, 0.717) is 19.1 Å². The Kier molecular flexibility index (Phi) is 5.48. The minimum absolute atomic E-state index is 0.00817. The van der Waals surface area contributed by atoms with Crippen LogP contribution in [0.25, 0.3) is 0 Å². The quantitative estimate of drug-likeness (QED) is 0.855. The van der Waals surface area contributed by atoms with Gasteiger partial charge in [0.05, 0.1) is 6.04 Å². The molecule has 2 aromatic rings. The number of carbonyl (C=O) groups is 1. The molecule has 6 heteroatoms. The molecule has 2 amide bonds. The van der Waals surface area contributed by atoms with E-state index in [1.807, 2.05) is 47.3 Å². The van der Waals surface area contributed by atoms with Gasteiger partial charge in [-0.15, -0.1) is 0 Å². The van der Waals surface area contributed by atoms with E-state index in [4.69, 9.17) is 4.74 Å². The summed E-state index contributed by atoms with van der Waals surface area (Å²) >= 11 is 0. The fraction of sp³-hybridized carbons (Fsp3) is 0.444. The molecular weight excluding hydrogens is 304 g/mol. The Morgan fingerprint density at radius 1 is 1.38 bits per heavy atom. The molecule has 2 heterocycles. The molecule has 24 heavy (non-hydrogen) atoms. The molecule has 3 rings (SSSR count). The minimum atomic E-state index is -0.140. The lowest BCUT2D eigenvalue weighted by Crippen LogP contribution is -2.44. The van der Waals surface area contributed by atoms with Gasteiger partial charge in [-0.3, -0.25) is 4.68 Å². The topological polar surface area (TPSA) is 68.2 Å². The maximum absolute atomic E-state index is 12.2. The maximum Gasteiger partial charge on any atom is 0.315 e. The second kappa shape index (κ2) is 7.97. The standard InChI is InChI=1S/C18H24N4O2/c1-14(13-22-10-5-9-20-22)12-19-18(23)21-16-8-11-24-17(16)15-6-3-2-4-7-15/h2-7,9-10,14,16-17H,8,11-13H2,1H3,(H2,19,21,23)/t14-,16-,17-/m1/s1. The number of benzene rings is 1. The Balaban J connectivity index is 1.46. The third-order valence-electron chi connectivity index (χ3n) is 4.21. The van der Waals surface area contributed by atoms with Gasteiger partial charge in [0.1, 0.15) is 6.10 Å². The number of ether oxygens (including phenoxy) is 1. The third-order valence-corrected chi connectivity index (χ3v) is 4.21. The van der Waals surface area contributed by atoms with E-state index in [1.165, 1.54) is 0 Å². The summed E-state index contributed by atoms with van der Waals surface area (Å²) < 4.78 is 7.67. The highest BCUT2D eigenvalue weighted by molar-refractivity contribution is 5.74. The SMILES string of the molecule is C[C@H](CNC(=O)N[C@@H]1CCO[C@@H]1c1ccccc1)Cn1cccn1. The van der Waals surface area contributed by atoms with Crippen LogP contribution in [0.15, 0.2) is 48.8 Å². The molecule has 2 N–H and O–H groups in total. The zero-order chi connectivity index (χ0) is 16.8. The second-order valence-electron chi connectivity index (χ2n) is 6.28. The van der Waals surface area contributed by atoms with E-state index in [0.717, 1.165) is 18.5 Å². The smallest absolute Gasteiger partial charge is 0.315 e. The number of urea groups is 1. The monoisotopic (exact) mass is 328 g/mol. The number of hydrogen-bond donors (Lipinski definition) is 2. The summed E-state index contributed by atoms with van der Waals surface area (Å²) in [6, 6.07) is 11.8. The van der Waals surface area contributed by atoms with Gasteiger partial charge >= 0.3 is 6.03 Å². The van der Waals surface area contributed by atoms with Crippen LogP contribution in [0, 0.1) is 5.92 Å². The average molecular weight is 328 g/mol. The Hall–Kier alpha value is -2.34. The number of nitrogens with zero attached hydrogens (tertiary/aromatic N) is 2. The van der Waals surface area contributed by atoms with E-state index in [-0.39, 0.29) is 18.2 Å². The molecule has 1 aliphatic heterocycles. The number of carbonyl (C=O) groups excluding carboxylic acids is 1. The zero-order valence-corrected chi connectivity index (χ0v) is 13.9. The fourth-order valence-electron chi connectivity index (χ4n) is 2.99. The number of hydrogen-bond acceptors (Lipinski definition) is 3. The van der Waals surface area contributed by atoms with E-state index in [1.54, 1.807) is 6.20 Å². The highest BCUT2D eigenvalue weighted by atomic mass is 16.5. The Morgan fingerprint density at radius 3 is 2.96 bits per heavy atom. The van der Waals surface area contributed by atoms with E-state index >= 15 is 0 Å². The van der Waals surface area contributed by atoms with Crippen LogP contribution in [-0.2, 0) is 11.3 Å². The van der Waals surface area contributed by atoms with Gasteiger partial charge in [-0.2, -0.15) is 5.10 Å². The molecule has 1 aromatic heterocycles. The highest BCUT2D eigenvalue weighted by Crippen LogP contribution is 2.28. The van der Waals surface area contributed by atoms with E-state index in [9.17, 15) is 4.79 Å². The van der Waals surface area contributed by atoms with Crippen LogP contribution in [-0.4, -0.2) is 35.0 Å². The van der Waals surface area contributed by atoms with Gasteiger partial charge in [-0.25, -0.2) is 4.79 Å². The number of rotatable bonds is 6. The van der Waals surface area contributed by atoms with Gasteiger partial charge < -0.3 is 15.4 Å². The zero-order valence-electron chi connectivity index (χ0n) is 13.9. The van der Waals surface area contributed by atoms with Crippen molar-refractivity contribution in [2.45, 2.75) is 32.0 Å². The van der Waals surface area contributed by atoms with E-state index in [2.05, 4.69) is 22.7 Å². The van der Waals surface area contributed by atoms with Crippen LogP contribution < -0.4 is 10.6 Å². The summed E-state index contributed by atoms with van der Waals surface area (Å²) in [6.45, 7) is 4.15. The summed E-state index contributed by atoms with van der Waals surface area (Å²) in [7, 11) is 0. The first-order valence-electron chi connectivity index (χ1n) is 8.40. The molecule has 3 atom stereocenters. The van der Waals surface area contributed by atoms with Gasteiger partial charge in [-0.1, -0.05) is 37.3 Å². The van der Waals surface area contributed by atoms with Gasteiger partial charge in [0.25, 0.3) is 0 Å². The summed E-state index contributed by atoms with van der Waals surface area (Å²) in [5.74, 6) is 0.306. The van der Waals surface area contributed by atoms with Crippen molar-refractivity contribution in [3.63, 3.8) is 0 Å². The second-order valence-corrected chi connectivity index (χ2v) is 6.28. The van der Waals surface area contributed by atoms with E-state index < -0.39 is 0 Å². The molecule has 0 unspecified atom stereocenters. The Bertz CT molecular complexity index is 630. The predicted octanol–water partition coefficient (Wildman–Crippen LogP) is 2.35. The Labute approximate surface area is 142 Å². The van der Waals surface area contributed by atoms with Gasteiger partial charge in [0.15, 0.2) is 0 Å². The Morgan fingerprint density at radius 2 is 2.21 bits per heavy atom. The summed E-state index contributed by atoms with van der Waals surface area (Å²) in [5.41, 5.74) is 1.10. The molecule has 128 valence electrons. The van der Waals surface area contributed by atoms with Crippen LogP contribution in [0.2, 0.25) is 0 Å². The summed E-state index contributed by atoms with van der Waals surface area (Å²) in [4.78, 5) is 12.2. The van der Waals surface area contributed by atoms with Crippen molar-refractivity contribution < 1.29 is 9.53 Å². The molecule has 1 aromatic carbocycles. The largest absolute Gasteiger partial charge is 0.371 e. The minimum Gasteiger partial charge on any atom is -0.371 e. The first-order valence-corrected chi connectivity index (χ1v) is 8.40. The lowest BCUT2D eigenvalue weighted by atomic mass is 10.0. The lowest BCUT2D eigenvalue weighted by Gasteiger charge is -2.21. The lowest BCUT2D eigenvalue weighted by molar-refractivity contribution is 0.0999. The van der Waals surface area contributed by atoms with Crippen molar-refractivity contribution >= 4 is 6.03 Å². The molecule has 0 aliphatic carbocycles. The van der Waals surface area contributed by atoms with Crippen LogP contribution in [0.3, 0.4) is 0 Å². The summed E-state index contributed by atoms with van der Waals surface area (Å²) in [6.07, 6.45) is 4.45. The molecular formula is C18H24N4O2. The molecule has 1 aliphatic rings. The summed E-state index contributed by atoms with van der Waals surface area (Å²) in [5, 5.41) is 10.2. The first-order chi connectivity index (χ1) is 11.7. The highest BCUT2D eigenvalue weighted by Gasteiger charge is 2.30. The molecule has 0 bridgehead atoms. The van der Waals surface area contributed by atoms with Crippen molar-refractivity contribution in [3.8, 4) is 0 Å². The van der Waals surface area contributed by atoms with Crippen molar-refractivity contribution in [1.29, 1.82) is 0 Å². The number of aromatic nitrogens is 2. The molecule has 0 spiro atoms. The van der Waals surface area contributed by atoms with Crippen molar-refractivity contribution in [3.05, 3.63) is 54.4 Å². The molecule has 0 saturated carbocycles. The van der Waals surface area contributed by atoms with Crippen molar-refractivity contribution in [1.82, 2.24) is 20.4 Å². The molecule has 1 fully saturated rings. The van der Waals surface area contributed by atoms with Crippen LogP contribution in [0.5, 0.6) is 0 Å². The molecule has 6 nitrogen and oxygen atoms in total. The van der Waals surface area contributed by atoms with Gasteiger partial charge in [-0.05, 0) is 24.0 Å². The van der Waals surface area contributed by atoms with Crippen LogP contribution in [0.1, 0.15) is 25.0 Å². The van der Waals surface area contributed by atoms with Crippen LogP contribution in [0.4, 0.5) is 4.79 Å². The van der Waals surface area contributed by atoms with Crippen molar-refractivity contribution in [2.24, 2.45) is 5.92 Å². The number of amides is 2. The molecule has 1 saturated heterocycles. The van der Waals surface area contributed by atoms with Crippen LogP contribution >= 0.6 is 0 Å². The normalized spacial score (nSPS) is 21.4. The first kappa shape index (κ1) is 16.5. The average Bonchev–Trinajstić information content (AvgIpc) is 3.26. The van der Waals surface area contributed by atoms with Gasteiger partial charge in [0.2, 0.25) is 0 Å². The van der Waals surface area contributed by atoms with Gasteiger partial charge in [0, 0.05) is 32.1 Å². The predicted molar refractivity (Wildman–Crippen MR) is 91.5 cm³/mol. The fourth-order valence-corrected chi connectivity index (χ4v) is 2.99. The van der Waals surface area contributed by atoms with Crippen molar-refractivity contribution in [2.75, 3.05) is 13.2 Å². The molecule has 0 radical (unpaired) electrons. The third kappa shape index (κ3) is 4.35. The maximum atomic E-state index is 12.2.